The molecule has 0 radical (unpaired) electrons. The molecule has 0 fully saturated rings. The van der Waals surface area contributed by atoms with E-state index in [4.69, 9.17) is 9.68 Å². The zero-order valence-electron chi connectivity index (χ0n) is 16.5. The average molecular weight is 414 g/mol. The van der Waals surface area contributed by atoms with Crippen LogP contribution in [0.15, 0.2) is 75.2 Å². The summed E-state index contributed by atoms with van der Waals surface area (Å²) in [5, 5.41) is 12.2. The number of nitriles is 1. The number of para-hydroxylation sites is 1. The van der Waals surface area contributed by atoms with Gasteiger partial charge in [-0.25, -0.2) is 9.36 Å². The van der Waals surface area contributed by atoms with Crippen molar-refractivity contribution in [3.63, 3.8) is 0 Å². The molecule has 0 saturated carbocycles. The maximum absolute atomic E-state index is 13.3. The van der Waals surface area contributed by atoms with Gasteiger partial charge in [0.05, 0.1) is 18.2 Å². The lowest BCUT2D eigenvalue weighted by Gasteiger charge is -2.12. The Labute approximate surface area is 176 Å². The Balaban J connectivity index is 1.93. The topological polar surface area (TPSA) is 110 Å². The monoisotopic (exact) mass is 414 g/mol. The van der Waals surface area contributed by atoms with Gasteiger partial charge < -0.3 is 9.73 Å². The van der Waals surface area contributed by atoms with Gasteiger partial charge in [0.15, 0.2) is 0 Å². The van der Waals surface area contributed by atoms with Gasteiger partial charge in [0, 0.05) is 11.9 Å². The summed E-state index contributed by atoms with van der Waals surface area (Å²) in [5.74, 6) is -0.487. The highest BCUT2D eigenvalue weighted by Gasteiger charge is 2.21. The molecule has 0 aliphatic heterocycles. The lowest BCUT2D eigenvalue weighted by molar-refractivity contribution is -0.121. The normalized spacial score (nSPS) is 10.8. The Morgan fingerprint density at radius 1 is 1.13 bits per heavy atom. The number of carbonyl (C=O) groups is 1. The zero-order valence-corrected chi connectivity index (χ0v) is 16.5. The largest absolute Gasteiger partial charge is 0.449 e. The molecule has 154 valence electrons. The van der Waals surface area contributed by atoms with Crippen LogP contribution in [0.5, 0.6) is 0 Å². The molecule has 0 atom stereocenters. The van der Waals surface area contributed by atoms with Crippen molar-refractivity contribution in [2.24, 2.45) is 0 Å². The van der Waals surface area contributed by atoms with Crippen molar-refractivity contribution in [2.75, 3.05) is 6.54 Å². The third-order valence-electron chi connectivity index (χ3n) is 4.91. The van der Waals surface area contributed by atoms with Crippen molar-refractivity contribution in [3.8, 4) is 6.07 Å². The van der Waals surface area contributed by atoms with E-state index in [9.17, 15) is 14.4 Å². The quantitative estimate of drug-likeness (QED) is 0.486. The summed E-state index contributed by atoms with van der Waals surface area (Å²) in [5.41, 5.74) is 0.816. The Kier molecular flexibility index (Phi) is 5.24. The molecule has 0 aliphatic carbocycles. The summed E-state index contributed by atoms with van der Waals surface area (Å²) < 4.78 is 8.06. The van der Waals surface area contributed by atoms with E-state index in [0.717, 1.165) is 10.1 Å². The lowest BCUT2D eigenvalue weighted by atomic mass is 10.1. The number of nitrogens with one attached hydrogen (secondary N) is 1. The summed E-state index contributed by atoms with van der Waals surface area (Å²) in [6.45, 7) is 3.45. The van der Waals surface area contributed by atoms with Gasteiger partial charge in [-0.1, -0.05) is 30.3 Å². The number of amides is 1. The van der Waals surface area contributed by atoms with Crippen LogP contribution in [0.2, 0.25) is 0 Å². The minimum absolute atomic E-state index is 0.00552. The Morgan fingerprint density at radius 3 is 2.58 bits per heavy atom. The van der Waals surface area contributed by atoms with E-state index in [1.807, 2.05) is 0 Å². The van der Waals surface area contributed by atoms with E-state index in [1.165, 1.54) is 10.6 Å². The van der Waals surface area contributed by atoms with Crippen molar-refractivity contribution >= 4 is 28.0 Å². The number of fused-ring (bicyclic) bond motifs is 3. The number of hydrogen-bond acceptors (Lipinski definition) is 5. The predicted octanol–water partition coefficient (Wildman–Crippen LogP) is 2.13. The van der Waals surface area contributed by atoms with Crippen molar-refractivity contribution in [2.45, 2.75) is 13.1 Å². The van der Waals surface area contributed by atoms with Crippen LogP contribution in [0, 0.1) is 11.3 Å². The summed E-state index contributed by atoms with van der Waals surface area (Å²) in [6.07, 6.45) is 1.51. The van der Waals surface area contributed by atoms with Crippen LogP contribution in [0.1, 0.15) is 11.1 Å². The van der Waals surface area contributed by atoms with Gasteiger partial charge in [-0.15, -0.1) is 6.58 Å². The van der Waals surface area contributed by atoms with Gasteiger partial charge in [0.1, 0.15) is 17.6 Å². The number of aromatic nitrogens is 2. The molecule has 31 heavy (non-hydrogen) atoms. The van der Waals surface area contributed by atoms with Gasteiger partial charge >= 0.3 is 5.69 Å². The highest BCUT2D eigenvalue weighted by Crippen LogP contribution is 2.26. The second-order valence-electron chi connectivity index (χ2n) is 6.94. The number of rotatable bonds is 6. The summed E-state index contributed by atoms with van der Waals surface area (Å²) in [4.78, 5) is 38.5. The van der Waals surface area contributed by atoms with Crippen LogP contribution >= 0.6 is 0 Å². The molecule has 0 saturated heterocycles. The molecule has 0 spiro atoms. The first kappa shape index (κ1) is 19.9. The minimum atomic E-state index is -0.666. The van der Waals surface area contributed by atoms with Crippen LogP contribution in [0.3, 0.4) is 0 Å². The fourth-order valence-corrected chi connectivity index (χ4v) is 3.43. The van der Waals surface area contributed by atoms with Gasteiger partial charge in [-0.3, -0.25) is 14.2 Å². The molecule has 8 nitrogen and oxygen atoms in total. The number of benzene rings is 2. The third-order valence-corrected chi connectivity index (χ3v) is 4.91. The molecule has 4 rings (SSSR count). The fraction of sp³-hybridized carbons (Fsp3) is 0.130. The maximum atomic E-state index is 13.3. The van der Waals surface area contributed by atoms with Crippen LogP contribution in [0.25, 0.3) is 22.1 Å². The first-order valence-electron chi connectivity index (χ1n) is 9.55. The molecule has 2 aromatic carbocycles. The SMILES string of the molecule is C=CCNC(=O)Cn1c(=O)c2oc3ccccc3c2n(Cc2ccc(C#N)cc2)c1=O. The molecule has 0 bridgehead atoms. The average Bonchev–Trinajstić information content (AvgIpc) is 3.18. The maximum Gasteiger partial charge on any atom is 0.332 e. The number of furan rings is 1. The van der Waals surface area contributed by atoms with Crippen LogP contribution in [-0.4, -0.2) is 21.6 Å². The van der Waals surface area contributed by atoms with Crippen molar-refractivity contribution in [1.29, 1.82) is 5.26 Å². The molecule has 2 aromatic heterocycles. The molecule has 8 heteroatoms. The Bertz CT molecular complexity index is 1470. The first-order valence-corrected chi connectivity index (χ1v) is 9.55. The van der Waals surface area contributed by atoms with E-state index >= 15 is 0 Å². The van der Waals surface area contributed by atoms with E-state index < -0.39 is 23.7 Å². The third kappa shape index (κ3) is 3.65. The van der Waals surface area contributed by atoms with Gasteiger partial charge in [0.25, 0.3) is 5.56 Å². The summed E-state index contributed by atoms with van der Waals surface area (Å²) >= 11 is 0. The molecule has 4 aromatic rings. The summed E-state index contributed by atoms with van der Waals surface area (Å²) in [7, 11) is 0. The van der Waals surface area contributed by atoms with E-state index in [0.29, 0.717) is 22.0 Å². The minimum Gasteiger partial charge on any atom is -0.449 e. The fourth-order valence-electron chi connectivity index (χ4n) is 3.43. The second-order valence-corrected chi connectivity index (χ2v) is 6.94. The number of nitrogens with zero attached hydrogens (tertiary/aromatic N) is 3. The second kappa shape index (κ2) is 8.16. The zero-order chi connectivity index (χ0) is 22.0. The van der Waals surface area contributed by atoms with Crippen LogP contribution < -0.4 is 16.6 Å². The molecule has 1 N–H and O–H groups in total. The molecular weight excluding hydrogens is 396 g/mol. The predicted molar refractivity (Wildman–Crippen MR) is 116 cm³/mol. The van der Waals surface area contributed by atoms with Crippen molar-refractivity contribution in [1.82, 2.24) is 14.5 Å². The molecule has 2 heterocycles. The molecule has 0 unspecified atom stereocenters. The van der Waals surface area contributed by atoms with Gasteiger partial charge in [-0.05, 0) is 29.8 Å². The molecule has 1 amide bonds. The Hall–Kier alpha value is -4.38. The van der Waals surface area contributed by atoms with Crippen LogP contribution in [0.4, 0.5) is 0 Å². The first-order chi connectivity index (χ1) is 15.0. The lowest BCUT2D eigenvalue weighted by Crippen LogP contribution is -2.43. The smallest absolute Gasteiger partial charge is 0.332 e. The highest BCUT2D eigenvalue weighted by molar-refractivity contribution is 6.02. The van der Waals surface area contributed by atoms with Crippen molar-refractivity contribution in [3.05, 3.63) is 93.2 Å². The highest BCUT2D eigenvalue weighted by atomic mass is 16.3. The van der Waals surface area contributed by atoms with E-state index in [-0.39, 0.29) is 18.7 Å². The van der Waals surface area contributed by atoms with Crippen LogP contribution in [-0.2, 0) is 17.9 Å². The summed E-state index contributed by atoms with van der Waals surface area (Å²) in [6, 6.07) is 15.9. The number of hydrogen-bond donors (Lipinski definition) is 1. The van der Waals surface area contributed by atoms with Crippen molar-refractivity contribution < 1.29 is 9.21 Å². The van der Waals surface area contributed by atoms with Gasteiger partial charge in [0.2, 0.25) is 11.5 Å². The van der Waals surface area contributed by atoms with E-state index in [1.54, 1.807) is 48.5 Å². The molecular formula is C23H18N4O4. The number of carbonyl (C=O) groups excluding carboxylic acids is 1. The Morgan fingerprint density at radius 2 is 1.87 bits per heavy atom. The standard InChI is InChI=1S/C23H18N4O4/c1-2-11-25-19(28)14-27-22(29)21-20(17-5-3-4-6-18(17)31-21)26(23(27)30)13-16-9-7-15(12-24)8-10-16/h2-10H,1,11,13-14H2,(H,25,28). The van der Waals surface area contributed by atoms with Gasteiger partial charge in [-0.2, -0.15) is 5.26 Å². The van der Waals surface area contributed by atoms with E-state index in [2.05, 4.69) is 18.0 Å². The molecule has 0 aliphatic rings.